The lowest BCUT2D eigenvalue weighted by molar-refractivity contribution is -0.123. The maximum atomic E-state index is 12.0. The monoisotopic (exact) mass is 348 g/mol. The Kier molecular flexibility index (Phi) is 5.83. The van der Waals surface area contributed by atoms with Crippen molar-refractivity contribution in [3.05, 3.63) is 84.7 Å². The minimum Gasteiger partial charge on any atom is -0.484 e. The van der Waals surface area contributed by atoms with E-state index in [1.165, 1.54) is 0 Å². The molecule has 0 aliphatic carbocycles. The summed E-state index contributed by atoms with van der Waals surface area (Å²) in [5.41, 5.74) is 0.996. The van der Waals surface area contributed by atoms with Crippen LogP contribution in [0.1, 0.15) is 18.5 Å². The number of carbonyl (C=O) groups excluding carboxylic acids is 1. The summed E-state index contributed by atoms with van der Waals surface area (Å²) in [5, 5.41) is 2.89. The average Bonchev–Trinajstić information content (AvgIpc) is 2.69. The number of benzene rings is 2. The van der Waals surface area contributed by atoms with E-state index >= 15 is 0 Å². The molecule has 3 aromatic rings. The van der Waals surface area contributed by atoms with Gasteiger partial charge in [0.05, 0.1) is 6.04 Å². The van der Waals surface area contributed by atoms with E-state index < -0.39 is 0 Å². The van der Waals surface area contributed by atoms with Gasteiger partial charge in [-0.3, -0.25) is 9.78 Å². The third-order valence-corrected chi connectivity index (χ3v) is 3.76. The van der Waals surface area contributed by atoms with Gasteiger partial charge in [-0.2, -0.15) is 0 Å². The van der Waals surface area contributed by atoms with Crippen molar-refractivity contribution in [2.75, 3.05) is 6.61 Å². The van der Waals surface area contributed by atoms with E-state index in [2.05, 4.69) is 10.3 Å². The first-order chi connectivity index (χ1) is 12.7. The van der Waals surface area contributed by atoms with Crippen LogP contribution in [0.15, 0.2) is 79.1 Å². The lowest BCUT2D eigenvalue weighted by atomic mass is 10.1. The Morgan fingerprint density at radius 2 is 1.54 bits per heavy atom. The summed E-state index contributed by atoms with van der Waals surface area (Å²) in [5.74, 6) is 1.90. The Balaban J connectivity index is 1.48. The quantitative estimate of drug-likeness (QED) is 0.697. The summed E-state index contributed by atoms with van der Waals surface area (Å²) >= 11 is 0. The molecule has 1 atom stereocenters. The molecular weight excluding hydrogens is 328 g/mol. The minimum absolute atomic E-state index is 0.0473. The van der Waals surface area contributed by atoms with E-state index in [9.17, 15) is 4.79 Å². The fourth-order valence-corrected chi connectivity index (χ4v) is 2.40. The van der Waals surface area contributed by atoms with Gasteiger partial charge in [-0.15, -0.1) is 0 Å². The van der Waals surface area contributed by atoms with Gasteiger partial charge in [0.2, 0.25) is 0 Å². The zero-order valence-corrected chi connectivity index (χ0v) is 14.5. The molecule has 26 heavy (non-hydrogen) atoms. The molecule has 5 nitrogen and oxygen atoms in total. The number of amides is 1. The molecule has 5 heteroatoms. The Bertz CT molecular complexity index is 821. The summed E-state index contributed by atoms with van der Waals surface area (Å²) in [4.78, 5) is 16.0. The molecule has 0 saturated carbocycles. The van der Waals surface area contributed by atoms with Crippen molar-refractivity contribution in [2.24, 2.45) is 0 Å². The van der Waals surface area contributed by atoms with Crippen molar-refractivity contribution in [3.8, 4) is 17.2 Å². The highest BCUT2D eigenvalue weighted by molar-refractivity contribution is 5.78. The van der Waals surface area contributed by atoms with Gasteiger partial charge in [0.15, 0.2) is 6.61 Å². The second kappa shape index (κ2) is 8.67. The van der Waals surface area contributed by atoms with Gasteiger partial charge < -0.3 is 14.8 Å². The Morgan fingerprint density at radius 3 is 2.23 bits per heavy atom. The van der Waals surface area contributed by atoms with Crippen LogP contribution in [0.5, 0.6) is 17.2 Å². The van der Waals surface area contributed by atoms with Crippen molar-refractivity contribution >= 4 is 5.91 Å². The number of ether oxygens (including phenoxy) is 2. The van der Waals surface area contributed by atoms with Crippen molar-refractivity contribution in [3.63, 3.8) is 0 Å². The van der Waals surface area contributed by atoms with Crippen LogP contribution in [-0.4, -0.2) is 17.5 Å². The SMILES string of the molecule is CC(NC(=O)COc1ccc(Oc2ccccc2)cc1)c1ccncc1. The zero-order valence-electron chi connectivity index (χ0n) is 14.5. The van der Waals surface area contributed by atoms with Gasteiger partial charge >= 0.3 is 0 Å². The number of nitrogens with one attached hydrogen (secondary N) is 1. The van der Waals surface area contributed by atoms with E-state index in [1.54, 1.807) is 36.7 Å². The second-order valence-corrected chi connectivity index (χ2v) is 5.74. The second-order valence-electron chi connectivity index (χ2n) is 5.74. The molecule has 0 aliphatic heterocycles. The molecule has 1 aromatic heterocycles. The fourth-order valence-electron chi connectivity index (χ4n) is 2.40. The number of hydrogen-bond acceptors (Lipinski definition) is 4. The van der Waals surface area contributed by atoms with Crippen LogP contribution >= 0.6 is 0 Å². The molecular formula is C21H20N2O3. The van der Waals surface area contributed by atoms with Crippen molar-refractivity contribution in [1.29, 1.82) is 0 Å². The van der Waals surface area contributed by atoms with Crippen LogP contribution in [0.25, 0.3) is 0 Å². The number of para-hydroxylation sites is 1. The molecule has 1 heterocycles. The Labute approximate surface area is 152 Å². The number of rotatable bonds is 7. The molecule has 1 N–H and O–H groups in total. The Morgan fingerprint density at radius 1 is 0.923 bits per heavy atom. The lowest BCUT2D eigenvalue weighted by Gasteiger charge is -2.14. The Hall–Kier alpha value is -3.34. The van der Waals surface area contributed by atoms with Crippen LogP contribution in [-0.2, 0) is 4.79 Å². The molecule has 2 aromatic carbocycles. The van der Waals surface area contributed by atoms with Crippen LogP contribution in [0.4, 0.5) is 0 Å². The van der Waals surface area contributed by atoms with Crippen LogP contribution in [0.2, 0.25) is 0 Å². The first kappa shape index (κ1) is 17.5. The summed E-state index contributed by atoms with van der Waals surface area (Å²) < 4.78 is 11.3. The molecule has 1 unspecified atom stereocenters. The number of hydrogen-bond donors (Lipinski definition) is 1. The number of pyridine rings is 1. The van der Waals surface area contributed by atoms with Crippen molar-refractivity contribution in [2.45, 2.75) is 13.0 Å². The standard InChI is InChI=1S/C21H20N2O3/c1-16(17-11-13-22-14-12-17)23-21(24)15-25-18-7-9-20(10-8-18)26-19-5-3-2-4-6-19/h2-14,16H,15H2,1H3,(H,23,24). The van der Waals surface area contributed by atoms with E-state index in [0.29, 0.717) is 11.5 Å². The van der Waals surface area contributed by atoms with E-state index in [1.807, 2.05) is 49.4 Å². The predicted octanol–water partition coefficient (Wildman–Crippen LogP) is 4.13. The van der Waals surface area contributed by atoms with Crippen molar-refractivity contribution in [1.82, 2.24) is 10.3 Å². The van der Waals surface area contributed by atoms with Crippen LogP contribution < -0.4 is 14.8 Å². The van der Waals surface area contributed by atoms with E-state index in [4.69, 9.17) is 9.47 Å². The van der Waals surface area contributed by atoms with Gasteiger partial charge in [-0.1, -0.05) is 18.2 Å². The molecule has 0 radical (unpaired) electrons. The molecule has 132 valence electrons. The third kappa shape index (κ3) is 5.08. The van der Waals surface area contributed by atoms with Gasteiger partial charge in [0.1, 0.15) is 17.2 Å². The van der Waals surface area contributed by atoms with Gasteiger partial charge in [0.25, 0.3) is 5.91 Å². The van der Waals surface area contributed by atoms with Crippen LogP contribution in [0, 0.1) is 0 Å². The number of nitrogens with zero attached hydrogens (tertiary/aromatic N) is 1. The maximum Gasteiger partial charge on any atom is 0.258 e. The molecule has 0 saturated heterocycles. The zero-order chi connectivity index (χ0) is 18.2. The largest absolute Gasteiger partial charge is 0.484 e. The lowest BCUT2D eigenvalue weighted by Crippen LogP contribution is -2.31. The molecule has 1 amide bonds. The molecule has 0 spiro atoms. The highest BCUT2D eigenvalue weighted by Gasteiger charge is 2.10. The molecule has 3 rings (SSSR count). The highest BCUT2D eigenvalue weighted by Crippen LogP contribution is 2.23. The number of carbonyl (C=O) groups is 1. The van der Waals surface area contributed by atoms with E-state index in [-0.39, 0.29) is 18.6 Å². The fraction of sp³-hybridized carbons (Fsp3) is 0.143. The topological polar surface area (TPSA) is 60.5 Å². The van der Waals surface area contributed by atoms with Crippen LogP contribution in [0.3, 0.4) is 0 Å². The first-order valence-electron chi connectivity index (χ1n) is 8.36. The first-order valence-corrected chi connectivity index (χ1v) is 8.36. The van der Waals surface area contributed by atoms with Gasteiger partial charge in [0, 0.05) is 12.4 Å². The highest BCUT2D eigenvalue weighted by atomic mass is 16.5. The summed E-state index contributed by atoms with van der Waals surface area (Å²) in [7, 11) is 0. The van der Waals surface area contributed by atoms with Gasteiger partial charge in [-0.05, 0) is 61.0 Å². The maximum absolute atomic E-state index is 12.0. The normalized spacial score (nSPS) is 11.4. The molecule has 0 aliphatic rings. The molecule has 0 fully saturated rings. The van der Waals surface area contributed by atoms with E-state index in [0.717, 1.165) is 11.3 Å². The summed E-state index contributed by atoms with van der Waals surface area (Å²) in [6.07, 6.45) is 3.40. The summed E-state index contributed by atoms with van der Waals surface area (Å²) in [6.45, 7) is 1.87. The minimum atomic E-state index is -0.182. The van der Waals surface area contributed by atoms with Crippen molar-refractivity contribution < 1.29 is 14.3 Å². The molecule has 0 bridgehead atoms. The summed E-state index contributed by atoms with van der Waals surface area (Å²) in [6, 6.07) is 20.3. The predicted molar refractivity (Wildman–Crippen MR) is 99.2 cm³/mol. The van der Waals surface area contributed by atoms with Gasteiger partial charge in [-0.25, -0.2) is 0 Å². The smallest absolute Gasteiger partial charge is 0.258 e. The third-order valence-electron chi connectivity index (χ3n) is 3.76. The number of aromatic nitrogens is 1. The average molecular weight is 348 g/mol.